The predicted octanol–water partition coefficient (Wildman–Crippen LogP) is 3.45. The van der Waals surface area contributed by atoms with Crippen LogP contribution in [0.2, 0.25) is 0 Å². The lowest BCUT2D eigenvalue weighted by Crippen LogP contribution is -2.31. The third kappa shape index (κ3) is 4.41. The smallest absolute Gasteiger partial charge is 0.330 e. The SMILES string of the molecule is Cc1ccc(Cn2c(=O)n(CCNC(=O)/C=C/c3cccs3)c3ncccc32)cc1. The minimum absolute atomic E-state index is 0.132. The van der Waals surface area contributed by atoms with E-state index in [2.05, 4.69) is 10.3 Å². The molecule has 30 heavy (non-hydrogen) atoms. The number of amides is 1. The molecule has 4 rings (SSSR count). The molecule has 152 valence electrons. The quantitative estimate of drug-likeness (QED) is 0.468. The first-order valence-corrected chi connectivity index (χ1v) is 10.6. The van der Waals surface area contributed by atoms with Gasteiger partial charge in [0.1, 0.15) is 0 Å². The summed E-state index contributed by atoms with van der Waals surface area (Å²) < 4.78 is 3.35. The number of rotatable bonds is 7. The third-order valence-electron chi connectivity index (χ3n) is 4.81. The summed E-state index contributed by atoms with van der Waals surface area (Å²) in [7, 11) is 0. The molecule has 6 nitrogen and oxygen atoms in total. The zero-order chi connectivity index (χ0) is 20.9. The number of imidazole rings is 1. The molecular formula is C23H22N4O2S. The maximum atomic E-state index is 13.1. The average molecular weight is 419 g/mol. The molecule has 0 unspecified atom stereocenters. The highest BCUT2D eigenvalue weighted by Gasteiger charge is 2.14. The van der Waals surface area contributed by atoms with Crippen molar-refractivity contribution >= 4 is 34.5 Å². The van der Waals surface area contributed by atoms with E-state index in [1.165, 1.54) is 11.6 Å². The summed E-state index contributed by atoms with van der Waals surface area (Å²) in [5.41, 5.74) is 3.51. The standard InChI is InChI=1S/C23H22N4O2S/c1-17-6-8-18(9-7-17)16-27-20-5-2-12-25-22(20)26(23(27)29)14-13-24-21(28)11-10-19-4-3-15-30-19/h2-12,15H,13-14,16H2,1H3,(H,24,28)/b11-10+. The lowest BCUT2D eigenvalue weighted by molar-refractivity contribution is -0.116. The molecule has 0 aliphatic heterocycles. The number of pyridine rings is 1. The number of nitrogens with zero attached hydrogens (tertiary/aromatic N) is 3. The number of hydrogen-bond donors (Lipinski definition) is 1. The summed E-state index contributed by atoms with van der Waals surface area (Å²) in [5.74, 6) is -0.187. The fraction of sp³-hybridized carbons (Fsp3) is 0.174. The van der Waals surface area contributed by atoms with E-state index in [0.717, 1.165) is 16.0 Å². The molecule has 0 aliphatic rings. The monoisotopic (exact) mass is 418 g/mol. The molecule has 0 saturated heterocycles. The van der Waals surface area contributed by atoms with Gasteiger partial charge in [-0.3, -0.25) is 13.9 Å². The topological polar surface area (TPSA) is 68.9 Å². The number of aryl methyl sites for hydroxylation is 1. The Labute approximate surface area is 178 Å². The first kappa shape index (κ1) is 19.8. The van der Waals surface area contributed by atoms with Crippen LogP contribution in [0.4, 0.5) is 0 Å². The lowest BCUT2D eigenvalue weighted by atomic mass is 10.1. The van der Waals surface area contributed by atoms with Gasteiger partial charge in [0.2, 0.25) is 5.91 Å². The van der Waals surface area contributed by atoms with Crippen LogP contribution in [0.1, 0.15) is 16.0 Å². The van der Waals surface area contributed by atoms with Crippen molar-refractivity contribution < 1.29 is 4.79 Å². The maximum absolute atomic E-state index is 13.1. The van der Waals surface area contributed by atoms with Gasteiger partial charge < -0.3 is 5.32 Å². The molecule has 0 aliphatic carbocycles. The van der Waals surface area contributed by atoms with E-state index in [0.29, 0.717) is 25.3 Å². The maximum Gasteiger partial charge on any atom is 0.330 e. The van der Waals surface area contributed by atoms with E-state index in [9.17, 15) is 9.59 Å². The van der Waals surface area contributed by atoms with Crippen LogP contribution < -0.4 is 11.0 Å². The van der Waals surface area contributed by atoms with Gasteiger partial charge in [-0.05, 0) is 42.1 Å². The number of benzene rings is 1. The normalized spacial score (nSPS) is 11.4. The second-order valence-electron chi connectivity index (χ2n) is 6.99. The second kappa shape index (κ2) is 8.92. The van der Waals surface area contributed by atoms with Crippen molar-refractivity contribution in [1.82, 2.24) is 19.4 Å². The number of hydrogen-bond acceptors (Lipinski definition) is 4. The van der Waals surface area contributed by atoms with E-state index < -0.39 is 0 Å². The van der Waals surface area contributed by atoms with Gasteiger partial charge in [0.15, 0.2) is 5.65 Å². The molecule has 0 saturated carbocycles. The van der Waals surface area contributed by atoms with Crippen LogP contribution in [0, 0.1) is 6.92 Å². The average Bonchev–Trinajstić information content (AvgIpc) is 3.36. The molecule has 3 heterocycles. The Bertz CT molecular complexity index is 1230. The second-order valence-corrected chi connectivity index (χ2v) is 7.97. The number of carbonyl (C=O) groups excluding carboxylic acids is 1. The van der Waals surface area contributed by atoms with Crippen LogP contribution >= 0.6 is 11.3 Å². The van der Waals surface area contributed by atoms with Crippen molar-refractivity contribution in [1.29, 1.82) is 0 Å². The Kier molecular flexibility index (Phi) is 5.90. The Morgan fingerprint density at radius 3 is 2.73 bits per heavy atom. The molecule has 7 heteroatoms. The number of aromatic nitrogens is 3. The van der Waals surface area contributed by atoms with Crippen molar-refractivity contribution in [3.63, 3.8) is 0 Å². The molecule has 1 amide bonds. The van der Waals surface area contributed by atoms with Gasteiger partial charge >= 0.3 is 5.69 Å². The predicted molar refractivity (Wildman–Crippen MR) is 121 cm³/mol. The van der Waals surface area contributed by atoms with E-state index in [1.807, 2.05) is 60.8 Å². The number of thiophene rings is 1. The van der Waals surface area contributed by atoms with Crippen LogP contribution in [0.25, 0.3) is 17.2 Å². The molecule has 0 atom stereocenters. The van der Waals surface area contributed by atoms with Crippen LogP contribution in [0.5, 0.6) is 0 Å². The Morgan fingerprint density at radius 2 is 1.97 bits per heavy atom. The van der Waals surface area contributed by atoms with Gasteiger partial charge in [0, 0.05) is 30.2 Å². The highest BCUT2D eigenvalue weighted by molar-refractivity contribution is 7.10. The summed E-state index contributed by atoms with van der Waals surface area (Å²) in [6.45, 7) is 3.21. The highest BCUT2D eigenvalue weighted by Crippen LogP contribution is 2.13. The van der Waals surface area contributed by atoms with E-state index in [1.54, 1.807) is 32.7 Å². The van der Waals surface area contributed by atoms with Crippen LogP contribution in [-0.2, 0) is 17.9 Å². The van der Waals surface area contributed by atoms with Gasteiger partial charge in [0.25, 0.3) is 0 Å². The lowest BCUT2D eigenvalue weighted by Gasteiger charge is -2.04. The zero-order valence-electron chi connectivity index (χ0n) is 16.6. The summed E-state index contributed by atoms with van der Waals surface area (Å²) in [4.78, 5) is 30.5. The fourth-order valence-electron chi connectivity index (χ4n) is 3.27. The summed E-state index contributed by atoms with van der Waals surface area (Å²) >= 11 is 1.57. The van der Waals surface area contributed by atoms with Crippen molar-refractivity contribution in [3.8, 4) is 0 Å². The van der Waals surface area contributed by atoms with Crippen molar-refractivity contribution in [2.24, 2.45) is 0 Å². The van der Waals surface area contributed by atoms with Crippen molar-refractivity contribution in [2.75, 3.05) is 6.54 Å². The zero-order valence-corrected chi connectivity index (χ0v) is 17.4. The van der Waals surface area contributed by atoms with Gasteiger partial charge in [0.05, 0.1) is 12.1 Å². The van der Waals surface area contributed by atoms with Crippen LogP contribution in [0.15, 0.2) is 71.0 Å². The number of fused-ring (bicyclic) bond motifs is 1. The van der Waals surface area contributed by atoms with E-state index in [4.69, 9.17) is 0 Å². The van der Waals surface area contributed by atoms with E-state index >= 15 is 0 Å². The van der Waals surface area contributed by atoms with Gasteiger partial charge in [-0.1, -0.05) is 35.9 Å². The van der Waals surface area contributed by atoms with Gasteiger partial charge in [-0.25, -0.2) is 9.78 Å². The molecule has 1 aromatic carbocycles. The summed E-state index contributed by atoms with van der Waals surface area (Å²) in [5, 5.41) is 4.79. The van der Waals surface area contributed by atoms with Crippen molar-refractivity contribution in [3.05, 3.63) is 92.7 Å². The Balaban J connectivity index is 1.50. The minimum Gasteiger partial charge on any atom is -0.351 e. The van der Waals surface area contributed by atoms with Crippen molar-refractivity contribution in [2.45, 2.75) is 20.0 Å². The minimum atomic E-state index is -0.187. The first-order valence-electron chi connectivity index (χ1n) is 9.71. The molecule has 0 radical (unpaired) electrons. The largest absolute Gasteiger partial charge is 0.351 e. The third-order valence-corrected chi connectivity index (χ3v) is 5.65. The highest BCUT2D eigenvalue weighted by atomic mass is 32.1. The molecule has 0 fully saturated rings. The molecular weight excluding hydrogens is 396 g/mol. The molecule has 4 aromatic rings. The summed E-state index contributed by atoms with van der Waals surface area (Å²) in [6.07, 6.45) is 4.96. The Morgan fingerprint density at radius 1 is 1.13 bits per heavy atom. The molecule has 1 N–H and O–H groups in total. The molecule has 3 aromatic heterocycles. The van der Waals surface area contributed by atoms with Crippen LogP contribution in [-0.4, -0.2) is 26.6 Å². The molecule has 0 spiro atoms. The number of nitrogens with one attached hydrogen (secondary N) is 1. The first-order chi connectivity index (χ1) is 14.6. The number of carbonyl (C=O) groups is 1. The van der Waals surface area contributed by atoms with Gasteiger partial charge in [-0.15, -0.1) is 11.3 Å². The van der Waals surface area contributed by atoms with E-state index in [-0.39, 0.29) is 11.6 Å². The fourth-order valence-corrected chi connectivity index (χ4v) is 3.89. The van der Waals surface area contributed by atoms with Gasteiger partial charge in [-0.2, -0.15) is 0 Å². The van der Waals surface area contributed by atoms with Crippen LogP contribution in [0.3, 0.4) is 0 Å². The Hall–Kier alpha value is -3.45. The summed E-state index contributed by atoms with van der Waals surface area (Å²) in [6, 6.07) is 15.7. The molecule has 0 bridgehead atoms.